The van der Waals surface area contributed by atoms with Gasteiger partial charge in [0.1, 0.15) is 23.4 Å². The molecular weight excluding hydrogens is 482 g/mol. The minimum atomic E-state index is -1.03. The largest absolute Gasteiger partial charge is 0.494 e. The molecule has 0 unspecified atom stereocenters. The van der Waals surface area contributed by atoms with Crippen LogP contribution in [0.1, 0.15) is 46.2 Å². The molecule has 0 N–H and O–H groups in total. The summed E-state index contributed by atoms with van der Waals surface area (Å²) in [4.78, 5) is 46.8. The first kappa shape index (κ1) is 24.2. The average molecular weight is 514 g/mol. The second kappa shape index (κ2) is 9.01. The molecule has 0 saturated carbocycles. The standard InChI is InChI=1S/C29H31N5O4/c1-19-16-24(32(3)30-19)27(36)33-14-12-29-22-10-4-5-11-23(22)34(28(29)37)18-25(35)31(2)13-7-15-38-21-9-6-8-20(17-21)26(29)33/h4-6,8-11,16-17,26H,7,12-15,18H2,1-3H3/t26-,29+/m0/s1. The maximum atomic E-state index is 14.5. The number of amides is 3. The summed E-state index contributed by atoms with van der Waals surface area (Å²) in [6.07, 6.45) is 1.11. The fraction of sp³-hybridized carbons (Fsp3) is 0.379. The van der Waals surface area contributed by atoms with Crippen LogP contribution in [0.4, 0.5) is 5.69 Å². The third-order valence-electron chi connectivity index (χ3n) is 8.11. The predicted molar refractivity (Wildman–Crippen MR) is 141 cm³/mol. The van der Waals surface area contributed by atoms with Crippen molar-refractivity contribution in [1.82, 2.24) is 19.6 Å². The molecule has 6 rings (SSSR count). The lowest BCUT2D eigenvalue weighted by Crippen LogP contribution is -2.48. The van der Waals surface area contributed by atoms with Gasteiger partial charge in [0, 0.05) is 32.9 Å². The van der Waals surface area contributed by atoms with Gasteiger partial charge in [-0.05, 0) is 55.2 Å². The van der Waals surface area contributed by atoms with Crippen molar-refractivity contribution in [2.45, 2.75) is 31.2 Å². The number of hydrogen-bond donors (Lipinski definition) is 0. The van der Waals surface area contributed by atoms with Crippen LogP contribution < -0.4 is 9.64 Å². The molecule has 9 heteroatoms. The monoisotopic (exact) mass is 513 g/mol. The number of nitrogens with zero attached hydrogens (tertiary/aromatic N) is 5. The smallest absolute Gasteiger partial charge is 0.272 e. The first-order valence-electron chi connectivity index (χ1n) is 13.0. The number of aryl methyl sites for hydroxylation is 2. The molecule has 4 heterocycles. The number of anilines is 1. The number of aromatic nitrogens is 2. The molecule has 1 saturated heterocycles. The first-order valence-corrected chi connectivity index (χ1v) is 13.0. The summed E-state index contributed by atoms with van der Waals surface area (Å²) in [7, 11) is 3.51. The molecule has 1 aromatic heterocycles. The molecule has 2 atom stereocenters. The minimum absolute atomic E-state index is 0.0451. The number of ether oxygens (including phenoxy) is 1. The van der Waals surface area contributed by atoms with E-state index in [1.54, 1.807) is 39.5 Å². The van der Waals surface area contributed by atoms with E-state index >= 15 is 0 Å². The first-order chi connectivity index (χ1) is 18.3. The normalized spacial score (nSPS) is 23.1. The van der Waals surface area contributed by atoms with Crippen LogP contribution in [0.2, 0.25) is 0 Å². The van der Waals surface area contributed by atoms with E-state index in [2.05, 4.69) is 5.10 Å². The van der Waals surface area contributed by atoms with E-state index in [1.807, 2.05) is 55.5 Å². The van der Waals surface area contributed by atoms with Gasteiger partial charge in [0.15, 0.2) is 0 Å². The molecule has 3 aliphatic heterocycles. The Hall–Kier alpha value is -4.14. The van der Waals surface area contributed by atoms with Gasteiger partial charge in [0.25, 0.3) is 5.91 Å². The highest BCUT2D eigenvalue weighted by atomic mass is 16.5. The van der Waals surface area contributed by atoms with Gasteiger partial charge in [-0.1, -0.05) is 30.3 Å². The van der Waals surface area contributed by atoms with Crippen molar-refractivity contribution < 1.29 is 19.1 Å². The summed E-state index contributed by atoms with van der Waals surface area (Å²) in [6, 6.07) is 16.6. The Labute approximate surface area is 221 Å². The van der Waals surface area contributed by atoms with Crippen molar-refractivity contribution in [3.8, 4) is 5.75 Å². The summed E-state index contributed by atoms with van der Waals surface area (Å²) in [5.74, 6) is 0.218. The van der Waals surface area contributed by atoms with Gasteiger partial charge in [0.2, 0.25) is 11.8 Å². The molecular formula is C29H31N5O4. The average Bonchev–Trinajstić information content (AvgIpc) is 3.55. The Bertz CT molecular complexity index is 1450. The number of carbonyl (C=O) groups excluding carboxylic acids is 3. The van der Waals surface area contributed by atoms with E-state index < -0.39 is 11.5 Å². The van der Waals surface area contributed by atoms with Crippen LogP contribution in [0.5, 0.6) is 5.75 Å². The summed E-state index contributed by atoms with van der Waals surface area (Å²) in [6.45, 7) is 3.18. The molecule has 38 heavy (non-hydrogen) atoms. The molecule has 3 aliphatic rings. The van der Waals surface area contributed by atoms with Crippen LogP contribution in [0, 0.1) is 6.92 Å². The van der Waals surface area contributed by atoms with Crippen LogP contribution >= 0.6 is 0 Å². The number of hydrogen-bond acceptors (Lipinski definition) is 5. The topological polar surface area (TPSA) is 88.0 Å². The quantitative estimate of drug-likeness (QED) is 0.500. The Morgan fingerprint density at radius 3 is 2.66 bits per heavy atom. The molecule has 0 aliphatic carbocycles. The van der Waals surface area contributed by atoms with Crippen molar-refractivity contribution in [2.24, 2.45) is 7.05 Å². The van der Waals surface area contributed by atoms with Gasteiger partial charge in [-0.25, -0.2) is 0 Å². The number of carbonyl (C=O) groups is 3. The molecule has 196 valence electrons. The Balaban J connectivity index is 1.55. The lowest BCUT2D eigenvalue weighted by atomic mass is 9.72. The van der Waals surface area contributed by atoms with E-state index in [4.69, 9.17) is 4.74 Å². The number of likely N-dealkylation sites (tertiary alicyclic amines) is 1. The van der Waals surface area contributed by atoms with E-state index in [0.717, 1.165) is 22.5 Å². The summed E-state index contributed by atoms with van der Waals surface area (Å²) in [5, 5.41) is 4.38. The summed E-state index contributed by atoms with van der Waals surface area (Å²) < 4.78 is 7.64. The molecule has 1 spiro atoms. The molecule has 4 bridgehead atoms. The third kappa shape index (κ3) is 3.60. The lowest BCUT2D eigenvalue weighted by Gasteiger charge is -2.35. The van der Waals surface area contributed by atoms with E-state index in [9.17, 15) is 14.4 Å². The second-order valence-corrected chi connectivity index (χ2v) is 10.4. The Kier molecular flexibility index (Phi) is 5.74. The molecule has 2 aromatic carbocycles. The van der Waals surface area contributed by atoms with E-state index in [0.29, 0.717) is 44.0 Å². The summed E-state index contributed by atoms with van der Waals surface area (Å²) in [5.41, 5.74) is 2.61. The fourth-order valence-electron chi connectivity index (χ4n) is 6.33. The van der Waals surface area contributed by atoms with Crippen LogP contribution in [0.15, 0.2) is 54.6 Å². The highest BCUT2D eigenvalue weighted by molar-refractivity contribution is 6.12. The predicted octanol–water partition coefficient (Wildman–Crippen LogP) is 2.84. The molecule has 3 amide bonds. The number of rotatable bonds is 1. The zero-order chi connectivity index (χ0) is 26.6. The van der Waals surface area contributed by atoms with Crippen LogP contribution in [0.3, 0.4) is 0 Å². The van der Waals surface area contributed by atoms with Crippen LogP contribution in [-0.2, 0) is 22.1 Å². The number of fused-ring (bicyclic) bond motifs is 6. The maximum Gasteiger partial charge on any atom is 0.272 e. The number of benzene rings is 2. The third-order valence-corrected chi connectivity index (χ3v) is 8.11. The van der Waals surface area contributed by atoms with Gasteiger partial charge < -0.3 is 19.4 Å². The van der Waals surface area contributed by atoms with Crippen molar-refractivity contribution in [2.75, 3.05) is 38.2 Å². The Morgan fingerprint density at radius 2 is 1.87 bits per heavy atom. The number of likely N-dealkylation sites (N-methyl/N-ethyl adjacent to an activating group) is 1. The fourth-order valence-corrected chi connectivity index (χ4v) is 6.33. The van der Waals surface area contributed by atoms with Crippen LogP contribution in [-0.4, -0.2) is 70.6 Å². The van der Waals surface area contributed by atoms with Crippen molar-refractivity contribution in [3.05, 3.63) is 77.1 Å². The van der Waals surface area contributed by atoms with Gasteiger partial charge in [-0.3, -0.25) is 19.1 Å². The van der Waals surface area contributed by atoms with Crippen LogP contribution in [0.25, 0.3) is 0 Å². The van der Waals surface area contributed by atoms with Crippen molar-refractivity contribution in [1.29, 1.82) is 0 Å². The molecule has 1 fully saturated rings. The second-order valence-electron chi connectivity index (χ2n) is 10.4. The maximum absolute atomic E-state index is 14.5. The minimum Gasteiger partial charge on any atom is -0.494 e. The molecule has 0 radical (unpaired) electrons. The molecule has 3 aromatic rings. The summed E-state index contributed by atoms with van der Waals surface area (Å²) >= 11 is 0. The van der Waals surface area contributed by atoms with Crippen molar-refractivity contribution >= 4 is 23.4 Å². The SMILES string of the molecule is Cc1cc(C(=O)N2CC[C@]34C(=O)N(CC(=O)N(C)CCCOc5cccc(c5)[C@H]23)c2ccccc24)n(C)n1. The molecule has 9 nitrogen and oxygen atoms in total. The van der Waals surface area contributed by atoms with Gasteiger partial charge in [0.05, 0.1) is 18.3 Å². The Morgan fingerprint density at radius 1 is 1.05 bits per heavy atom. The highest BCUT2D eigenvalue weighted by Gasteiger charge is 2.62. The van der Waals surface area contributed by atoms with E-state index in [-0.39, 0.29) is 24.3 Å². The number of para-hydroxylation sites is 1. The highest BCUT2D eigenvalue weighted by Crippen LogP contribution is 2.57. The van der Waals surface area contributed by atoms with Gasteiger partial charge in [-0.2, -0.15) is 5.10 Å². The zero-order valence-electron chi connectivity index (χ0n) is 21.9. The zero-order valence-corrected chi connectivity index (χ0v) is 21.9. The van der Waals surface area contributed by atoms with Crippen molar-refractivity contribution in [3.63, 3.8) is 0 Å². The van der Waals surface area contributed by atoms with Gasteiger partial charge >= 0.3 is 0 Å². The van der Waals surface area contributed by atoms with E-state index in [1.165, 1.54) is 0 Å². The van der Waals surface area contributed by atoms with Gasteiger partial charge in [-0.15, -0.1) is 0 Å². The lowest BCUT2D eigenvalue weighted by molar-refractivity contribution is -0.131.